The van der Waals surface area contributed by atoms with Crippen LogP contribution in [0.4, 0.5) is 5.69 Å². The van der Waals surface area contributed by atoms with E-state index in [-0.39, 0.29) is 11.7 Å². The first-order valence-electron chi connectivity index (χ1n) is 14.2. The Morgan fingerprint density at radius 1 is 1.02 bits per heavy atom. The van der Waals surface area contributed by atoms with Crippen LogP contribution in [0.1, 0.15) is 55.1 Å². The minimum atomic E-state index is 0.0422. The fourth-order valence-corrected chi connectivity index (χ4v) is 6.73. The average Bonchev–Trinajstić information content (AvgIpc) is 3.75. The molecule has 5 heterocycles. The summed E-state index contributed by atoms with van der Waals surface area (Å²) >= 11 is 1.45. The minimum Gasteiger partial charge on any atom is -0.325 e. The summed E-state index contributed by atoms with van der Waals surface area (Å²) in [6.07, 6.45) is 11.8. The average molecular weight is 576 g/mol. The Kier molecular flexibility index (Phi) is 6.83. The third-order valence-electron chi connectivity index (χ3n) is 7.94. The van der Waals surface area contributed by atoms with Crippen LogP contribution in [-0.2, 0) is 4.79 Å². The summed E-state index contributed by atoms with van der Waals surface area (Å²) in [6, 6.07) is 13.7. The predicted molar refractivity (Wildman–Crippen MR) is 165 cm³/mol. The van der Waals surface area contributed by atoms with Crippen molar-refractivity contribution in [1.29, 1.82) is 0 Å². The topological polar surface area (TPSA) is 129 Å². The number of carbonyl (C=O) groups excluding carboxylic acids is 2. The van der Waals surface area contributed by atoms with E-state index in [1.165, 1.54) is 30.6 Å². The Morgan fingerprint density at radius 2 is 1.90 bits per heavy atom. The molecule has 0 unspecified atom stereocenters. The number of aromatic nitrogens is 6. The first-order valence-corrected chi connectivity index (χ1v) is 15.0. The maximum atomic E-state index is 12.7. The van der Waals surface area contributed by atoms with E-state index in [9.17, 15) is 9.59 Å². The molecule has 0 saturated heterocycles. The van der Waals surface area contributed by atoms with Crippen LogP contribution < -0.4 is 5.32 Å². The van der Waals surface area contributed by atoms with Crippen LogP contribution in [-0.4, -0.2) is 41.8 Å². The number of carbonyl (C=O) groups is 2. The number of anilines is 1. The van der Waals surface area contributed by atoms with E-state index >= 15 is 0 Å². The first-order chi connectivity index (χ1) is 20.5. The molecular formula is C32H29N7O2S. The second-order valence-corrected chi connectivity index (χ2v) is 12.0. The number of hydrogen-bond donors (Lipinski definition) is 3. The molecule has 0 aliphatic heterocycles. The minimum absolute atomic E-state index is 0.0422. The second kappa shape index (κ2) is 10.9. The van der Waals surface area contributed by atoms with Crippen molar-refractivity contribution in [2.75, 3.05) is 5.32 Å². The Bertz CT molecular complexity index is 1950. The number of hydrogen-bond acceptors (Lipinski definition) is 7. The van der Waals surface area contributed by atoms with Gasteiger partial charge in [0.2, 0.25) is 5.91 Å². The van der Waals surface area contributed by atoms with Gasteiger partial charge in [0.15, 0.2) is 17.3 Å². The molecule has 10 heteroatoms. The van der Waals surface area contributed by atoms with Gasteiger partial charge in [0, 0.05) is 40.2 Å². The maximum absolute atomic E-state index is 12.7. The molecule has 1 aromatic carbocycles. The molecule has 7 rings (SSSR count). The Labute approximate surface area is 245 Å². The quantitative estimate of drug-likeness (QED) is 0.170. The number of ketones is 1. The van der Waals surface area contributed by atoms with Crippen molar-refractivity contribution >= 4 is 50.8 Å². The number of rotatable bonds is 7. The number of thiophene rings is 1. The molecule has 1 aliphatic rings. The van der Waals surface area contributed by atoms with E-state index in [1.807, 2.05) is 36.4 Å². The van der Waals surface area contributed by atoms with Crippen molar-refractivity contribution < 1.29 is 9.59 Å². The van der Waals surface area contributed by atoms with Crippen LogP contribution in [0.25, 0.3) is 55.2 Å². The van der Waals surface area contributed by atoms with Gasteiger partial charge in [-0.05, 0) is 67.6 Å². The van der Waals surface area contributed by atoms with Crippen molar-refractivity contribution in [3.05, 3.63) is 65.9 Å². The van der Waals surface area contributed by atoms with E-state index in [1.54, 1.807) is 25.5 Å². The van der Waals surface area contributed by atoms with Crippen molar-refractivity contribution in [2.45, 2.75) is 45.4 Å². The summed E-state index contributed by atoms with van der Waals surface area (Å²) < 4.78 is 0. The third-order valence-corrected chi connectivity index (χ3v) is 9.16. The highest BCUT2D eigenvalue weighted by Gasteiger charge is 2.19. The van der Waals surface area contributed by atoms with Gasteiger partial charge in [-0.15, -0.1) is 11.3 Å². The third kappa shape index (κ3) is 5.09. The molecule has 9 nitrogen and oxygen atoms in total. The standard InChI is InChI=1S/C32H29N7O2S/c1-18(40)26-9-10-27(42-26)23-11-12-34-31-29(23)36-32(37-31)30-24-15-20(7-8-25(24)38-39-30)21-14-22(17-33-16-21)35-28(41)13-19-5-3-2-4-6-19/h7-12,14-17,19H,2-6,13H2,1H3,(H,35,41)(H,38,39)(H,34,36,37). The van der Waals surface area contributed by atoms with Crippen LogP contribution in [0.2, 0.25) is 0 Å². The molecule has 42 heavy (non-hydrogen) atoms. The van der Waals surface area contributed by atoms with E-state index in [4.69, 9.17) is 4.98 Å². The molecule has 1 aliphatic carbocycles. The molecule has 0 radical (unpaired) electrons. The number of Topliss-reactive ketones (excluding diaryl/α,β-unsaturated/α-hetero) is 1. The smallest absolute Gasteiger partial charge is 0.224 e. The largest absolute Gasteiger partial charge is 0.325 e. The van der Waals surface area contributed by atoms with Gasteiger partial charge in [-0.25, -0.2) is 9.97 Å². The highest BCUT2D eigenvalue weighted by atomic mass is 32.1. The lowest BCUT2D eigenvalue weighted by Crippen LogP contribution is -2.18. The molecule has 5 aromatic heterocycles. The van der Waals surface area contributed by atoms with Crippen LogP contribution in [0, 0.1) is 5.92 Å². The lowest BCUT2D eigenvalue weighted by Gasteiger charge is -2.20. The van der Waals surface area contributed by atoms with Gasteiger partial charge in [-0.3, -0.25) is 19.7 Å². The van der Waals surface area contributed by atoms with Crippen molar-refractivity contribution in [3.8, 4) is 33.1 Å². The predicted octanol–water partition coefficient (Wildman–Crippen LogP) is 7.40. The van der Waals surface area contributed by atoms with Crippen LogP contribution in [0.15, 0.2) is 61.1 Å². The van der Waals surface area contributed by atoms with Gasteiger partial charge >= 0.3 is 0 Å². The summed E-state index contributed by atoms with van der Waals surface area (Å²) in [7, 11) is 0. The number of H-pyrrole nitrogens is 2. The van der Waals surface area contributed by atoms with Gasteiger partial charge in [0.05, 0.1) is 22.3 Å². The fourth-order valence-electron chi connectivity index (χ4n) is 5.80. The zero-order valence-corrected chi connectivity index (χ0v) is 23.9. The van der Waals surface area contributed by atoms with E-state index < -0.39 is 0 Å². The Hall–Kier alpha value is -4.70. The van der Waals surface area contributed by atoms with E-state index in [2.05, 4.69) is 36.5 Å². The molecule has 1 saturated carbocycles. The summed E-state index contributed by atoms with van der Waals surface area (Å²) in [5, 5.41) is 11.6. The molecule has 210 valence electrons. The summed E-state index contributed by atoms with van der Waals surface area (Å²) in [4.78, 5) is 43.3. The number of nitrogens with one attached hydrogen (secondary N) is 3. The Morgan fingerprint density at radius 3 is 2.74 bits per heavy atom. The number of benzene rings is 1. The van der Waals surface area contributed by atoms with Gasteiger partial charge in [-0.2, -0.15) is 5.10 Å². The summed E-state index contributed by atoms with van der Waals surface area (Å²) in [6.45, 7) is 1.57. The van der Waals surface area contributed by atoms with Crippen molar-refractivity contribution in [1.82, 2.24) is 30.1 Å². The molecule has 6 aromatic rings. The molecule has 0 atom stereocenters. The summed E-state index contributed by atoms with van der Waals surface area (Å²) in [5.74, 6) is 1.16. The van der Waals surface area contributed by atoms with Crippen LogP contribution >= 0.6 is 11.3 Å². The fraction of sp³-hybridized carbons (Fsp3) is 0.250. The van der Waals surface area contributed by atoms with Crippen molar-refractivity contribution in [3.63, 3.8) is 0 Å². The SMILES string of the molecule is CC(=O)c1ccc(-c2ccnc3[nH]c(-c4n[nH]c5ccc(-c6cncc(NC(=O)CC7CCCCC7)c6)cc45)nc23)s1. The molecular weight excluding hydrogens is 546 g/mol. The number of amides is 1. The Balaban J connectivity index is 1.19. The first kappa shape index (κ1) is 26.2. The molecule has 0 spiro atoms. The van der Waals surface area contributed by atoms with Crippen LogP contribution in [0.5, 0.6) is 0 Å². The monoisotopic (exact) mass is 575 g/mol. The van der Waals surface area contributed by atoms with E-state index in [0.717, 1.165) is 50.8 Å². The normalized spacial score (nSPS) is 14.0. The molecule has 3 N–H and O–H groups in total. The highest BCUT2D eigenvalue weighted by molar-refractivity contribution is 7.17. The summed E-state index contributed by atoms with van der Waals surface area (Å²) in [5.41, 5.74) is 6.37. The highest BCUT2D eigenvalue weighted by Crippen LogP contribution is 2.35. The van der Waals surface area contributed by atoms with Gasteiger partial charge in [0.25, 0.3) is 0 Å². The number of imidazole rings is 1. The molecule has 1 fully saturated rings. The van der Waals surface area contributed by atoms with E-state index in [0.29, 0.717) is 40.1 Å². The number of nitrogens with zero attached hydrogens (tertiary/aromatic N) is 4. The van der Waals surface area contributed by atoms with Crippen molar-refractivity contribution in [2.24, 2.45) is 5.92 Å². The zero-order valence-electron chi connectivity index (χ0n) is 23.1. The number of aromatic amines is 2. The number of fused-ring (bicyclic) bond motifs is 2. The van der Waals surface area contributed by atoms with Gasteiger partial charge in [-0.1, -0.05) is 25.3 Å². The molecule has 0 bridgehead atoms. The van der Waals surface area contributed by atoms with Gasteiger partial charge in [0.1, 0.15) is 11.2 Å². The lowest BCUT2D eigenvalue weighted by molar-refractivity contribution is -0.117. The van der Waals surface area contributed by atoms with Crippen LogP contribution in [0.3, 0.4) is 0 Å². The second-order valence-electron chi connectivity index (χ2n) is 10.9. The molecule has 1 amide bonds. The lowest BCUT2D eigenvalue weighted by atomic mass is 9.87. The number of pyridine rings is 2. The zero-order chi connectivity index (χ0) is 28.6. The van der Waals surface area contributed by atoms with Gasteiger partial charge < -0.3 is 10.3 Å². The maximum Gasteiger partial charge on any atom is 0.224 e.